The summed E-state index contributed by atoms with van der Waals surface area (Å²) < 4.78 is 13.0. The number of halogens is 3. The number of pyridine rings is 1. The molecule has 11 heavy (non-hydrogen) atoms. The molecule has 1 aromatic rings. The maximum Gasteiger partial charge on any atom is 0.273 e. The number of carbonyl (C=O) groups excluding carboxylic acids is 1. The minimum atomic E-state index is -0.899. The van der Waals surface area contributed by atoms with Gasteiger partial charge >= 0.3 is 0 Å². The van der Waals surface area contributed by atoms with Gasteiger partial charge in [-0.3, -0.25) is 4.79 Å². The molecule has 0 amide bonds. The van der Waals surface area contributed by atoms with Crippen LogP contribution in [0.5, 0.6) is 0 Å². The van der Waals surface area contributed by atoms with Gasteiger partial charge in [0, 0.05) is 6.20 Å². The highest BCUT2D eigenvalue weighted by molar-refractivity contribution is 9.10. The quantitative estimate of drug-likeness (QED) is 0.703. The molecule has 1 aromatic heterocycles. The summed E-state index contributed by atoms with van der Waals surface area (Å²) in [7, 11) is 0. The van der Waals surface area contributed by atoms with E-state index in [1.807, 2.05) is 0 Å². The Balaban J connectivity index is 3.27. The number of carbonyl (C=O) groups is 1. The molecule has 0 radical (unpaired) electrons. The highest BCUT2D eigenvalue weighted by Gasteiger charge is 2.12. The first-order valence-corrected chi connectivity index (χ1v) is 3.80. The maximum atomic E-state index is 12.8. The van der Waals surface area contributed by atoms with E-state index in [0.29, 0.717) is 0 Å². The number of rotatable bonds is 1. The van der Waals surface area contributed by atoms with Gasteiger partial charge in [0.2, 0.25) is 0 Å². The molecule has 0 aromatic carbocycles. The van der Waals surface area contributed by atoms with Gasteiger partial charge in [-0.05, 0) is 33.6 Å². The third-order valence-electron chi connectivity index (χ3n) is 1.03. The first-order valence-electron chi connectivity index (χ1n) is 2.62. The Labute approximate surface area is 75.5 Å². The summed E-state index contributed by atoms with van der Waals surface area (Å²) in [6, 6.07) is 1.39. The van der Waals surface area contributed by atoms with E-state index in [0.717, 1.165) is 0 Å². The van der Waals surface area contributed by atoms with Crippen molar-refractivity contribution in [2.75, 3.05) is 0 Å². The lowest BCUT2D eigenvalue weighted by molar-refractivity contribution is 0.107. The fourth-order valence-corrected chi connectivity index (χ4v) is 0.995. The molecule has 1 rings (SSSR count). The SMILES string of the molecule is O=C(Cl)c1nccc(Br)c1F. The molecule has 0 aliphatic heterocycles. The Bertz CT molecular complexity index is 305. The zero-order valence-electron chi connectivity index (χ0n) is 5.14. The van der Waals surface area contributed by atoms with Crippen LogP contribution in [0.3, 0.4) is 0 Å². The summed E-state index contributed by atoms with van der Waals surface area (Å²) in [6.45, 7) is 0. The number of hydrogen-bond donors (Lipinski definition) is 0. The van der Waals surface area contributed by atoms with Crippen molar-refractivity contribution >= 4 is 32.8 Å². The molecule has 0 atom stereocenters. The van der Waals surface area contributed by atoms with E-state index in [1.165, 1.54) is 12.3 Å². The second kappa shape index (κ2) is 3.28. The van der Waals surface area contributed by atoms with Gasteiger partial charge in [-0.15, -0.1) is 0 Å². The van der Waals surface area contributed by atoms with Crippen molar-refractivity contribution < 1.29 is 9.18 Å². The molecule has 2 nitrogen and oxygen atoms in total. The van der Waals surface area contributed by atoms with Crippen molar-refractivity contribution in [2.24, 2.45) is 0 Å². The zero-order chi connectivity index (χ0) is 8.43. The van der Waals surface area contributed by atoms with E-state index < -0.39 is 11.1 Å². The Morgan fingerprint density at radius 2 is 2.36 bits per heavy atom. The molecule has 0 unspecified atom stereocenters. The largest absolute Gasteiger partial charge is 0.274 e. The minimum Gasteiger partial charge on any atom is -0.274 e. The van der Waals surface area contributed by atoms with Crippen LogP contribution in [-0.2, 0) is 0 Å². The lowest BCUT2D eigenvalue weighted by atomic mass is 10.3. The molecule has 58 valence electrons. The molecule has 5 heteroatoms. The fraction of sp³-hybridized carbons (Fsp3) is 0. The van der Waals surface area contributed by atoms with Gasteiger partial charge in [-0.2, -0.15) is 0 Å². The number of aromatic nitrogens is 1. The van der Waals surface area contributed by atoms with E-state index in [-0.39, 0.29) is 10.2 Å². The molecule has 0 N–H and O–H groups in total. The highest BCUT2D eigenvalue weighted by Crippen LogP contribution is 2.17. The van der Waals surface area contributed by atoms with Crippen LogP contribution in [0.4, 0.5) is 4.39 Å². The Morgan fingerprint density at radius 1 is 1.73 bits per heavy atom. The summed E-state index contributed by atoms with van der Waals surface area (Å²) >= 11 is 7.91. The molecule has 0 saturated carbocycles. The predicted octanol–water partition coefficient (Wildman–Crippen LogP) is 2.36. The van der Waals surface area contributed by atoms with Gasteiger partial charge in [-0.25, -0.2) is 9.37 Å². The molecule has 1 heterocycles. The second-order valence-corrected chi connectivity index (χ2v) is 2.93. The van der Waals surface area contributed by atoms with E-state index >= 15 is 0 Å². The fourth-order valence-electron chi connectivity index (χ4n) is 0.557. The Kier molecular flexibility index (Phi) is 2.57. The van der Waals surface area contributed by atoms with Crippen molar-refractivity contribution in [2.45, 2.75) is 0 Å². The standard InChI is InChI=1S/C6H2BrClFNO/c7-3-1-2-10-5(4(3)9)6(8)11/h1-2H. The first kappa shape index (κ1) is 8.62. The van der Waals surface area contributed by atoms with Crippen LogP contribution < -0.4 is 0 Å². The summed E-state index contributed by atoms with van der Waals surface area (Å²) in [5.74, 6) is -0.729. The van der Waals surface area contributed by atoms with Gasteiger partial charge in [-0.1, -0.05) is 0 Å². The van der Waals surface area contributed by atoms with E-state index in [4.69, 9.17) is 11.6 Å². The molecule has 0 bridgehead atoms. The predicted molar refractivity (Wildman–Crippen MR) is 42.1 cm³/mol. The van der Waals surface area contributed by atoms with Gasteiger partial charge in [0.25, 0.3) is 5.24 Å². The van der Waals surface area contributed by atoms with Crippen molar-refractivity contribution in [3.63, 3.8) is 0 Å². The topological polar surface area (TPSA) is 30.0 Å². The number of nitrogens with zero attached hydrogens (tertiary/aromatic N) is 1. The second-order valence-electron chi connectivity index (χ2n) is 1.73. The van der Waals surface area contributed by atoms with Crippen molar-refractivity contribution in [1.29, 1.82) is 0 Å². The molecular weight excluding hydrogens is 236 g/mol. The number of hydrogen-bond acceptors (Lipinski definition) is 2. The first-order chi connectivity index (χ1) is 5.13. The summed E-state index contributed by atoms with van der Waals surface area (Å²) in [4.78, 5) is 13.9. The van der Waals surface area contributed by atoms with Crippen LogP contribution in [0.2, 0.25) is 0 Å². The van der Waals surface area contributed by atoms with Gasteiger partial charge in [0.1, 0.15) is 0 Å². The van der Waals surface area contributed by atoms with E-state index in [2.05, 4.69) is 20.9 Å². The molecule has 0 aliphatic rings. The van der Waals surface area contributed by atoms with Gasteiger partial charge in [0.05, 0.1) is 4.47 Å². The van der Waals surface area contributed by atoms with Crippen molar-refractivity contribution in [3.8, 4) is 0 Å². The highest BCUT2D eigenvalue weighted by atomic mass is 79.9. The summed E-state index contributed by atoms with van der Waals surface area (Å²) in [6.07, 6.45) is 1.29. The average molecular weight is 238 g/mol. The zero-order valence-corrected chi connectivity index (χ0v) is 7.49. The van der Waals surface area contributed by atoms with Crippen LogP contribution in [-0.4, -0.2) is 10.2 Å². The lowest BCUT2D eigenvalue weighted by Crippen LogP contribution is -1.98. The van der Waals surface area contributed by atoms with Crippen molar-refractivity contribution in [3.05, 3.63) is 28.2 Å². The summed E-state index contributed by atoms with van der Waals surface area (Å²) in [5, 5.41) is -0.899. The smallest absolute Gasteiger partial charge is 0.273 e. The van der Waals surface area contributed by atoms with Crippen molar-refractivity contribution in [1.82, 2.24) is 4.98 Å². The monoisotopic (exact) mass is 237 g/mol. The van der Waals surface area contributed by atoms with Crippen LogP contribution in [0.15, 0.2) is 16.7 Å². The molecule has 0 saturated heterocycles. The molecule has 0 fully saturated rings. The van der Waals surface area contributed by atoms with Crippen LogP contribution in [0.1, 0.15) is 10.5 Å². The Hall–Kier alpha value is -0.480. The third kappa shape index (κ3) is 1.75. The summed E-state index contributed by atoms with van der Waals surface area (Å²) in [5.41, 5.74) is -0.360. The van der Waals surface area contributed by atoms with E-state index in [1.54, 1.807) is 0 Å². The third-order valence-corrected chi connectivity index (χ3v) is 1.82. The minimum absolute atomic E-state index is 0.177. The van der Waals surface area contributed by atoms with E-state index in [9.17, 15) is 9.18 Å². The Morgan fingerprint density at radius 3 is 2.82 bits per heavy atom. The molecule has 0 aliphatic carbocycles. The van der Waals surface area contributed by atoms with Crippen LogP contribution >= 0.6 is 27.5 Å². The van der Waals surface area contributed by atoms with Crippen LogP contribution in [0.25, 0.3) is 0 Å². The maximum absolute atomic E-state index is 12.8. The molecule has 0 spiro atoms. The molecular formula is C6H2BrClFNO. The average Bonchev–Trinajstić information content (AvgIpc) is 1.94. The van der Waals surface area contributed by atoms with Gasteiger partial charge < -0.3 is 0 Å². The van der Waals surface area contributed by atoms with Gasteiger partial charge in [0.15, 0.2) is 11.5 Å². The van der Waals surface area contributed by atoms with Crippen LogP contribution in [0, 0.1) is 5.82 Å². The normalized spacial score (nSPS) is 9.73. The lowest BCUT2D eigenvalue weighted by Gasteiger charge is -1.96.